The van der Waals surface area contributed by atoms with Crippen LogP contribution in [0.1, 0.15) is 6.92 Å². The minimum Gasteiger partial charge on any atom is -0.550 e. The van der Waals surface area contributed by atoms with Crippen LogP contribution in [0, 0.1) is 0 Å². The van der Waals surface area contributed by atoms with Gasteiger partial charge < -0.3 is 9.90 Å². The molecule has 0 N–H and O–H groups in total. The Kier molecular flexibility index (Phi) is 25.6. The van der Waals surface area contributed by atoms with Crippen LogP contribution < -0.4 is 56.5 Å². The zero-order valence-electron chi connectivity index (χ0n) is 3.89. The molecule has 0 aliphatic carbocycles. The Labute approximate surface area is 89.9 Å². The van der Waals surface area contributed by atoms with Crippen molar-refractivity contribution in [2.45, 2.75) is 6.92 Å². The number of hydrogen-bond acceptors (Lipinski definition) is 2. The second kappa shape index (κ2) is 9.81. The topological polar surface area (TPSA) is 40.1 Å². The molecule has 0 radical (unpaired) electrons. The minimum absolute atomic E-state index is 0. The summed E-state index contributed by atoms with van der Waals surface area (Å²) < 4.78 is 0. The van der Waals surface area contributed by atoms with Gasteiger partial charge in [-0.15, -0.1) is 0 Å². The van der Waals surface area contributed by atoms with Crippen LogP contribution >= 0.6 is 0 Å². The molecule has 0 saturated heterocycles. The maximum absolute atomic E-state index is 8.89. The third-order valence-electron chi connectivity index (χ3n) is 0. The van der Waals surface area contributed by atoms with Gasteiger partial charge in [0.25, 0.3) is 0 Å². The minimum atomic E-state index is -1.08. The first-order valence-corrected chi connectivity index (χ1v) is 0.908. The Bertz CT molecular complexity index is 34.5. The molecule has 6 heavy (non-hydrogen) atoms. The number of carboxylic acid groups (broad SMARTS) is 1. The molecule has 0 aliphatic heterocycles. The predicted molar refractivity (Wildman–Crippen MR) is 16.4 cm³/mol. The number of carbonyl (C=O) groups is 1. The van der Waals surface area contributed by atoms with Crippen LogP contribution in [0.4, 0.5) is 0 Å². The van der Waals surface area contributed by atoms with Crippen molar-refractivity contribution >= 4 is 23.3 Å². The molecular weight excluding hydrogens is 122 g/mol. The first-order chi connectivity index (χ1) is 1.73. The van der Waals surface area contributed by atoms with E-state index in [0.29, 0.717) is 0 Å². The zero-order valence-corrected chi connectivity index (χ0v) is 8.17. The summed E-state index contributed by atoms with van der Waals surface area (Å²) in [7, 11) is 0. The fourth-order valence-electron chi connectivity index (χ4n) is 0. The monoisotopic (exact) mass is 125 g/mol. The van der Waals surface area contributed by atoms with E-state index in [1.165, 1.54) is 0 Å². The normalized spacial score (nSPS) is 4.17. The van der Waals surface area contributed by atoms with Gasteiger partial charge in [0.2, 0.25) is 0 Å². The smallest absolute Gasteiger partial charge is 0.550 e. The van der Waals surface area contributed by atoms with Crippen LogP contribution in [0.15, 0.2) is 0 Å². The maximum Gasteiger partial charge on any atom is 3.00 e. The molecule has 0 aromatic heterocycles. The van der Waals surface area contributed by atoms with Gasteiger partial charge in [0.1, 0.15) is 0 Å². The van der Waals surface area contributed by atoms with Gasteiger partial charge in [-0.1, -0.05) is 0 Å². The van der Waals surface area contributed by atoms with E-state index in [1.807, 2.05) is 0 Å². The van der Waals surface area contributed by atoms with E-state index in [-0.39, 0.29) is 68.7 Å². The molecule has 0 saturated carbocycles. The molecule has 0 atom stereocenters. The van der Waals surface area contributed by atoms with Crippen LogP contribution in [-0.2, 0) is 4.79 Å². The van der Waals surface area contributed by atoms with E-state index in [9.17, 15) is 0 Å². The second-order valence-corrected chi connectivity index (χ2v) is 0.492. The van der Waals surface area contributed by atoms with Crippen LogP contribution in [0.3, 0.4) is 0 Å². The van der Waals surface area contributed by atoms with E-state index >= 15 is 0 Å². The Morgan fingerprint density at radius 3 is 1.67 bits per heavy atom. The van der Waals surface area contributed by atoms with Crippen molar-refractivity contribution in [3.8, 4) is 0 Å². The van der Waals surface area contributed by atoms with Crippen molar-refractivity contribution in [2.24, 2.45) is 0 Å². The predicted octanol–water partition coefficient (Wildman–Crippen LogP) is -4.62. The summed E-state index contributed by atoms with van der Waals surface area (Å²) >= 11 is 0. The third kappa shape index (κ3) is 45.2. The first-order valence-electron chi connectivity index (χ1n) is 0.908. The van der Waals surface area contributed by atoms with Crippen LogP contribution in [0.2, 0.25) is 0 Å². The van der Waals surface area contributed by atoms with E-state index in [4.69, 9.17) is 9.90 Å². The molecule has 0 spiro atoms. The zero-order chi connectivity index (χ0) is 3.58. The third-order valence-corrected chi connectivity index (χ3v) is 0. The summed E-state index contributed by atoms with van der Waals surface area (Å²) in [5.74, 6) is -1.08. The average molecular weight is 125 g/mol. The summed E-state index contributed by atoms with van der Waals surface area (Å²) in [6.45, 7) is 0.972. The molecule has 2 nitrogen and oxygen atoms in total. The standard InChI is InChI=1S/C2H4O2.Al.K/c1-2(3)4;;/h1H3,(H,3,4);;/q;+3;+1/p-1. The number of hydrogen-bond donors (Lipinski definition) is 0. The molecule has 0 fully saturated rings. The SMILES string of the molecule is CC(=O)[O-].[Al+3].[K+]. The molecule has 0 heterocycles. The summed E-state index contributed by atoms with van der Waals surface area (Å²) in [6, 6.07) is 0. The Morgan fingerprint density at radius 2 is 1.67 bits per heavy atom. The van der Waals surface area contributed by atoms with E-state index in [1.54, 1.807) is 0 Å². The fourth-order valence-corrected chi connectivity index (χ4v) is 0. The molecule has 24 valence electrons. The molecule has 0 aromatic carbocycles. The Morgan fingerprint density at radius 1 is 1.67 bits per heavy atom. The largest absolute Gasteiger partial charge is 3.00 e. The number of rotatable bonds is 0. The van der Waals surface area contributed by atoms with Crippen molar-refractivity contribution < 1.29 is 61.3 Å². The van der Waals surface area contributed by atoms with Gasteiger partial charge in [-0.25, -0.2) is 0 Å². The summed E-state index contributed by atoms with van der Waals surface area (Å²) in [6.07, 6.45) is 0. The molecule has 0 amide bonds. The second-order valence-electron chi connectivity index (χ2n) is 0.492. The van der Waals surface area contributed by atoms with Gasteiger partial charge >= 0.3 is 68.7 Å². The molecule has 0 bridgehead atoms. The molecular formula is C2H3AlKO2+3. The van der Waals surface area contributed by atoms with Gasteiger partial charge in [-0.05, 0) is 6.92 Å². The van der Waals surface area contributed by atoms with Gasteiger partial charge in [-0.3, -0.25) is 0 Å². The molecule has 0 rings (SSSR count). The molecule has 0 aromatic rings. The molecule has 0 unspecified atom stereocenters. The van der Waals surface area contributed by atoms with Gasteiger partial charge in [0.15, 0.2) is 0 Å². The fraction of sp³-hybridized carbons (Fsp3) is 0.500. The van der Waals surface area contributed by atoms with E-state index in [0.717, 1.165) is 6.92 Å². The average Bonchev–Trinajstić information content (AvgIpc) is 0.811. The Balaban J connectivity index is -0.0000000450. The van der Waals surface area contributed by atoms with Crippen molar-refractivity contribution in [3.05, 3.63) is 0 Å². The van der Waals surface area contributed by atoms with E-state index < -0.39 is 5.97 Å². The van der Waals surface area contributed by atoms with Crippen LogP contribution in [-0.4, -0.2) is 23.3 Å². The van der Waals surface area contributed by atoms with Crippen LogP contribution in [0.25, 0.3) is 0 Å². The Hall–Kier alpha value is 1.64. The van der Waals surface area contributed by atoms with E-state index in [2.05, 4.69) is 0 Å². The number of carbonyl (C=O) groups excluding carboxylic acids is 1. The van der Waals surface area contributed by atoms with Gasteiger partial charge in [-0.2, -0.15) is 0 Å². The maximum atomic E-state index is 8.89. The first kappa shape index (κ1) is 15.6. The van der Waals surface area contributed by atoms with Crippen LogP contribution in [0.5, 0.6) is 0 Å². The van der Waals surface area contributed by atoms with Crippen molar-refractivity contribution in [1.29, 1.82) is 0 Å². The summed E-state index contributed by atoms with van der Waals surface area (Å²) in [5.41, 5.74) is 0. The van der Waals surface area contributed by atoms with Crippen molar-refractivity contribution in [3.63, 3.8) is 0 Å². The molecule has 0 aliphatic rings. The summed E-state index contributed by atoms with van der Waals surface area (Å²) in [4.78, 5) is 8.89. The van der Waals surface area contributed by atoms with Gasteiger partial charge in [0.05, 0.1) is 0 Å². The van der Waals surface area contributed by atoms with Gasteiger partial charge in [0, 0.05) is 5.97 Å². The molecule has 4 heteroatoms. The number of aliphatic carboxylic acids is 1. The summed E-state index contributed by atoms with van der Waals surface area (Å²) in [5, 5.41) is 8.89. The van der Waals surface area contributed by atoms with Crippen molar-refractivity contribution in [2.75, 3.05) is 0 Å². The number of carboxylic acids is 1. The quantitative estimate of drug-likeness (QED) is 0.306. The van der Waals surface area contributed by atoms with Crippen molar-refractivity contribution in [1.82, 2.24) is 0 Å².